The van der Waals surface area contributed by atoms with Crippen molar-refractivity contribution in [1.29, 1.82) is 5.26 Å². The summed E-state index contributed by atoms with van der Waals surface area (Å²) in [6.07, 6.45) is 0.0197. The second-order valence-electron chi connectivity index (χ2n) is 7.06. The second kappa shape index (κ2) is 11.1. The monoisotopic (exact) mass is 442 g/mol. The van der Waals surface area contributed by atoms with Crippen molar-refractivity contribution in [3.8, 4) is 11.8 Å². The predicted octanol–water partition coefficient (Wildman–Crippen LogP) is 2.99. The van der Waals surface area contributed by atoms with Gasteiger partial charge in [-0.25, -0.2) is 0 Å². The summed E-state index contributed by atoms with van der Waals surface area (Å²) in [4.78, 5) is 36.1. The van der Waals surface area contributed by atoms with Crippen molar-refractivity contribution in [1.82, 2.24) is 5.32 Å². The highest BCUT2D eigenvalue weighted by Gasteiger charge is 2.15. The molecule has 0 fully saturated rings. The van der Waals surface area contributed by atoms with Crippen LogP contribution in [0.4, 0.5) is 5.69 Å². The zero-order valence-electron chi connectivity index (χ0n) is 17.7. The number of nitrogens with two attached hydrogens (primary N) is 1. The Morgan fingerprint density at radius 1 is 0.939 bits per heavy atom. The molecule has 8 nitrogen and oxygen atoms in total. The normalized spacial score (nSPS) is 10.0. The molecule has 0 aliphatic rings. The lowest BCUT2D eigenvalue weighted by atomic mass is 10.1. The molecule has 3 rings (SSSR count). The fourth-order valence-electron chi connectivity index (χ4n) is 3.02. The van der Waals surface area contributed by atoms with Crippen molar-refractivity contribution >= 4 is 23.4 Å². The topological polar surface area (TPSA) is 134 Å². The number of hydrogen-bond donors (Lipinski definition) is 3. The maximum absolute atomic E-state index is 12.8. The van der Waals surface area contributed by atoms with E-state index in [4.69, 9.17) is 10.5 Å². The zero-order valence-corrected chi connectivity index (χ0v) is 17.7. The van der Waals surface area contributed by atoms with Crippen LogP contribution in [0.5, 0.6) is 5.75 Å². The van der Waals surface area contributed by atoms with Gasteiger partial charge in [-0.3, -0.25) is 14.4 Å². The molecule has 3 aromatic carbocycles. The second-order valence-corrected chi connectivity index (χ2v) is 7.06. The summed E-state index contributed by atoms with van der Waals surface area (Å²) in [5.41, 5.74) is 7.28. The Morgan fingerprint density at radius 3 is 2.48 bits per heavy atom. The van der Waals surface area contributed by atoms with Gasteiger partial charge in [-0.05, 0) is 36.4 Å². The molecule has 33 heavy (non-hydrogen) atoms. The third-order valence-electron chi connectivity index (χ3n) is 4.71. The van der Waals surface area contributed by atoms with Crippen LogP contribution in [0.3, 0.4) is 0 Å². The molecule has 166 valence electrons. The first kappa shape index (κ1) is 23.0. The number of carbonyl (C=O) groups excluding carboxylic acids is 3. The Balaban J connectivity index is 1.68. The van der Waals surface area contributed by atoms with Crippen molar-refractivity contribution in [3.63, 3.8) is 0 Å². The fourth-order valence-corrected chi connectivity index (χ4v) is 3.02. The number of hydrogen-bond acceptors (Lipinski definition) is 5. The minimum absolute atomic E-state index is 0.0197. The summed E-state index contributed by atoms with van der Waals surface area (Å²) in [5, 5.41) is 14.5. The summed E-state index contributed by atoms with van der Waals surface area (Å²) in [6, 6.07) is 22.4. The molecule has 0 bridgehead atoms. The number of amides is 3. The van der Waals surface area contributed by atoms with Crippen LogP contribution in [0.15, 0.2) is 72.8 Å². The highest BCUT2D eigenvalue weighted by atomic mass is 16.5. The molecular formula is C25H22N4O4. The summed E-state index contributed by atoms with van der Waals surface area (Å²) >= 11 is 0. The van der Waals surface area contributed by atoms with Crippen molar-refractivity contribution in [2.24, 2.45) is 5.73 Å². The third kappa shape index (κ3) is 6.42. The Hall–Kier alpha value is -4.64. The number of anilines is 1. The number of benzene rings is 3. The molecule has 0 saturated carbocycles. The van der Waals surface area contributed by atoms with Gasteiger partial charge in [0.1, 0.15) is 12.4 Å². The molecule has 0 heterocycles. The lowest BCUT2D eigenvalue weighted by Gasteiger charge is -2.12. The van der Waals surface area contributed by atoms with Gasteiger partial charge >= 0.3 is 0 Å². The van der Waals surface area contributed by atoms with E-state index in [1.165, 1.54) is 0 Å². The molecule has 3 aromatic rings. The number of nitriles is 1. The van der Waals surface area contributed by atoms with Gasteiger partial charge in [0.2, 0.25) is 5.91 Å². The molecule has 0 spiro atoms. The van der Waals surface area contributed by atoms with E-state index >= 15 is 0 Å². The standard InChI is InChI=1S/C25H22N4O4/c26-15-18-6-1-2-7-19(18)16-33-20-9-5-8-17(14-20)24(31)29-22-11-4-3-10-21(22)25(32)28-13-12-23(27)30/h1-11,14H,12-13,16H2,(H2,27,30)(H,28,32)(H,29,31). The SMILES string of the molecule is N#Cc1ccccc1COc1cccc(C(=O)Nc2ccccc2C(=O)NCCC(N)=O)c1. The number of para-hydroxylation sites is 1. The molecule has 3 amide bonds. The van der Waals surface area contributed by atoms with Crippen molar-refractivity contribution in [3.05, 3.63) is 95.1 Å². The van der Waals surface area contributed by atoms with E-state index in [1.807, 2.05) is 6.07 Å². The van der Waals surface area contributed by atoms with Crippen LogP contribution in [-0.4, -0.2) is 24.3 Å². The lowest BCUT2D eigenvalue weighted by molar-refractivity contribution is -0.117. The largest absolute Gasteiger partial charge is 0.489 e. The number of ether oxygens (including phenoxy) is 1. The van der Waals surface area contributed by atoms with Crippen LogP contribution in [0.1, 0.15) is 38.3 Å². The first-order valence-electron chi connectivity index (χ1n) is 10.2. The van der Waals surface area contributed by atoms with Crippen LogP contribution in [0, 0.1) is 11.3 Å². The van der Waals surface area contributed by atoms with E-state index in [9.17, 15) is 19.6 Å². The Morgan fingerprint density at radius 2 is 1.70 bits per heavy atom. The third-order valence-corrected chi connectivity index (χ3v) is 4.71. The zero-order chi connectivity index (χ0) is 23.6. The average molecular weight is 442 g/mol. The molecule has 0 aliphatic heterocycles. The van der Waals surface area contributed by atoms with Gasteiger partial charge in [0.25, 0.3) is 11.8 Å². The maximum Gasteiger partial charge on any atom is 0.255 e. The van der Waals surface area contributed by atoms with E-state index in [0.29, 0.717) is 22.6 Å². The van der Waals surface area contributed by atoms with E-state index in [1.54, 1.807) is 66.7 Å². The number of nitrogens with zero attached hydrogens (tertiary/aromatic N) is 1. The Bertz CT molecular complexity index is 1220. The molecule has 0 aliphatic carbocycles. The van der Waals surface area contributed by atoms with Gasteiger partial charge in [-0.2, -0.15) is 5.26 Å². The highest BCUT2D eigenvalue weighted by molar-refractivity contribution is 6.09. The highest BCUT2D eigenvalue weighted by Crippen LogP contribution is 2.20. The van der Waals surface area contributed by atoms with E-state index in [2.05, 4.69) is 16.7 Å². The van der Waals surface area contributed by atoms with Crippen LogP contribution >= 0.6 is 0 Å². The Labute approximate surface area is 191 Å². The van der Waals surface area contributed by atoms with Crippen molar-refractivity contribution < 1.29 is 19.1 Å². The molecule has 0 aromatic heterocycles. The van der Waals surface area contributed by atoms with Crippen LogP contribution in [0.2, 0.25) is 0 Å². The van der Waals surface area contributed by atoms with Crippen LogP contribution in [-0.2, 0) is 11.4 Å². The molecule has 4 N–H and O–H groups in total. The van der Waals surface area contributed by atoms with Crippen molar-refractivity contribution in [2.45, 2.75) is 13.0 Å². The summed E-state index contributed by atoms with van der Waals surface area (Å²) < 4.78 is 5.77. The average Bonchev–Trinajstić information content (AvgIpc) is 2.83. The molecule has 0 saturated heterocycles. The van der Waals surface area contributed by atoms with Crippen LogP contribution in [0.25, 0.3) is 0 Å². The molecular weight excluding hydrogens is 420 g/mol. The summed E-state index contributed by atoms with van der Waals surface area (Å²) in [5.74, 6) is -0.904. The smallest absolute Gasteiger partial charge is 0.255 e. The first-order chi connectivity index (χ1) is 16.0. The maximum atomic E-state index is 12.8. The van der Waals surface area contributed by atoms with Gasteiger partial charge in [-0.15, -0.1) is 0 Å². The molecule has 0 radical (unpaired) electrons. The fraction of sp³-hybridized carbons (Fsp3) is 0.120. The lowest BCUT2D eigenvalue weighted by Crippen LogP contribution is -2.28. The molecule has 8 heteroatoms. The number of primary amides is 1. The number of nitrogens with one attached hydrogen (secondary N) is 2. The Kier molecular flexibility index (Phi) is 7.76. The molecule has 0 atom stereocenters. The van der Waals surface area contributed by atoms with Crippen molar-refractivity contribution in [2.75, 3.05) is 11.9 Å². The number of carbonyl (C=O) groups is 3. The minimum atomic E-state index is -0.518. The predicted molar refractivity (Wildman–Crippen MR) is 122 cm³/mol. The van der Waals surface area contributed by atoms with Gasteiger partial charge in [0, 0.05) is 24.1 Å². The van der Waals surface area contributed by atoms with E-state index < -0.39 is 17.7 Å². The minimum Gasteiger partial charge on any atom is -0.489 e. The number of rotatable bonds is 9. The first-order valence-corrected chi connectivity index (χ1v) is 10.2. The van der Waals surface area contributed by atoms with Gasteiger partial charge in [0.05, 0.1) is 22.9 Å². The summed E-state index contributed by atoms with van der Waals surface area (Å²) in [6.45, 7) is 0.286. The summed E-state index contributed by atoms with van der Waals surface area (Å²) in [7, 11) is 0. The van der Waals surface area contributed by atoms with E-state index in [-0.39, 0.29) is 25.1 Å². The van der Waals surface area contributed by atoms with Gasteiger partial charge in [0.15, 0.2) is 0 Å². The van der Waals surface area contributed by atoms with Gasteiger partial charge in [-0.1, -0.05) is 36.4 Å². The van der Waals surface area contributed by atoms with Gasteiger partial charge < -0.3 is 21.1 Å². The quantitative estimate of drug-likeness (QED) is 0.468. The molecule has 0 unspecified atom stereocenters. The van der Waals surface area contributed by atoms with Crippen LogP contribution < -0.4 is 21.1 Å². The van der Waals surface area contributed by atoms with E-state index in [0.717, 1.165) is 5.56 Å².